The third kappa shape index (κ3) is 1.75. The fourth-order valence-electron chi connectivity index (χ4n) is 2.81. The summed E-state index contributed by atoms with van der Waals surface area (Å²) in [4.78, 5) is 10.8. The summed E-state index contributed by atoms with van der Waals surface area (Å²) in [5.74, 6) is 0.495. The van der Waals surface area contributed by atoms with E-state index in [0.29, 0.717) is 22.3 Å². The second-order valence-corrected chi connectivity index (χ2v) is 5.38. The number of nitriles is 1. The van der Waals surface area contributed by atoms with Crippen LogP contribution in [0.25, 0.3) is 10.8 Å². The molecule has 106 valence electrons. The summed E-state index contributed by atoms with van der Waals surface area (Å²) in [5, 5.41) is 31.7. The monoisotopic (exact) mass is 284 g/mol. The molecule has 0 radical (unpaired) electrons. The maximum absolute atomic E-state index is 11.3. The first-order valence-corrected chi connectivity index (χ1v) is 6.37. The van der Waals surface area contributed by atoms with Crippen LogP contribution in [0.1, 0.15) is 23.6 Å². The first-order chi connectivity index (χ1) is 9.86. The smallest absolute Gasteiger partial charge is 0.279 e. The molecule has 0 spiro atoms. The fourth-order valence-corrected chi connectivity index (χ4v) is 2.81. The van der Waals surface area contributed by atoms with Crippen LogP contribution in [-0.4, -0.2) is 16.6 Å². The van der Waals surface area contributed by atoms with Crippen LogP contribution in [0.15, 0.2) is 18.2 Å². The molecule has 6 heteroatoms. The van der Waals surface area contributed by atoms with E-state index in [1.54, 1.807) is 19.9 Å². The Labute approximate surface area is 120 Å². The molecule has 21 heavy (non-hydrogen) atoms. The number of hydrogen-bond acceptors (Lipinski definition) is 5. The van der Waals surface area contributed by atoms with E-state index in [1.165, 1.54) is 12.1 Å². The number of hydrogen-bond donors (Lipinski definition) is 1. The minimum atomic E-state index is -1.25. The number of aliphatic hydroxyl groups is 1. The van der Waals surface area contributed by atoms with Gasteiger partial charge in [-0.3, -0.25) is 10.1 Å². The van der Waals surface area contributed by atoms with Gasteiger partial charge < -0.3 is 9.84 Å². The van der Waals surface area contributed by atoms with Crippen molar-refractivity contribution in [3.63, 3.8) is 0 Å². The summed E-state index contributed by atoms with van der Waals surface area (Å²) < 4.78 is 5.59. The third-order valence-electron chi connectivity index (χ3n) is 3.79. The van der Waals surface area contributed by atoms with Gasteiger partial charge in [-0.2, -0.15) is 5.26 Å². The predicted molar refractivity (Wildman–Crippen MR) is 75.1 cm³/mol. The summed E-state index contributed by atoms with van der Waals surface area (Å²) in [6, 6.07) is 6.52. The van der Waals surface area contributed by atoms with Crippen LogP contribution in [0.5, 0.6) is 5.75 Å². The van der Waals surface area contributed by atoms with Gasteiger partial charge in [-0.05, 0) is 31.0 Å². The Morgan fingerprint density at radius 3 is 2.81 bits per heavy atom. The lowest BCUT2D eigenvalue weighted by molar-refractivity contribution is -0.383. The maximum Gasteiger partial charge on any atom is 0.279 e. The van der Waals surface area contributed by atoms with Gasteiger partial charge in [0.15, 0.2) is 0 Å². The van der Waals surface area contributed by atoms with Gasteiger partial charge >= 0.3 is 0 Å². The Kier molecular flexibility index (Phi) is 2.65. The van der Waals surface area contributed by atoms with E-state index >= 15 is 0 Å². The number of ether oxygens (including phenoxy) is 1. The van der Waals surface area contributed by atoms with Gasteiger partial charge in [-0.1, -0.05) is 6.07 Å². The van der Waals surface area contributed by atoms with Crippen molar-refractivity contribution >= 4 is 16.5 Å². The highest BCUT2D eigenvalue weighted by Gasteiger charge is 2.35. The molecule has 3 rings (SSSR count). The number of non-ortho nitro benzene ring substituents is 1. The van der Waals surface area contributed by atoms with Crippen molar-refractivity contribution in [1.82, 2.24) is 0 Å². The predicted octanol–water partition coefficient (Wildman–Crippen LogP) is 2.53. The van der Waals surface area contributed by atoms with E-state index in [9.17, 15) is 20.5 Å². The number of benzene rings is 2. The first kappa shape index (κ1) is 13.3. The van der Waals surface area contributed by atoms with Gasteiger partial charge in [0, 0.05) is 11.5 Å². The highest BCUT2D eigenvalue weighted by Crippen LogP contribution is 2.46. The summed E-state index contributed by atoms with van der Waals surface area (Å²) in [6.07, 6.45) is 0. The van der Waals surface area contributed by atoms with Crippen molar-refractivity contribution in [3.8, 4) is 11.8 Å². The average Bonchev–Trinajstić information content (AvgIpc) is 2.43. The Balaban J connectivity index is 2.60. The van der Waals surface area contributed by atoms with Gasteiger partial charge in [-0.15, -0.1) is 0 Å². The van der Waals surface area contributed by atoms with Crippen LogP contribution < -0.4 is 4.74 Å². The van der Waals surface area contributed by atoms with E-state index < -0.39 is 10.5 Å². The van der Waals surface area contributed by atoms with Gasteiger partial charge in [0.1, 0.15) is 24.0 Å². The van der Waals surface area contributed by atoms with Crippen LogP contribution in [0, 0.1) is 28.4 Å². The van der Waals surface area contributed by atoms with Gasteiger partial charge in [-0.25, -0.2) is 0 Å². The van der Waals surface area contributed by atoms with Crippen LogP contribution in [0.4, 0.5) is 5.69 Å². The molecule has 1 atom stereocenters. The molecule has 1 aliphatic rings. The van der Waals surface area contributed by atoms with Gasteiger partial charge in [0.25, 0.3) is 5.69 Å². The molecule has 1 N–H and O–H groups in total. The lowest BCUT2D eigenvalue weighted by Gasteiger charge is -2.32. The van der Waals surface area contributed by atoms with Gasteiger partial charge in [0.05, 0.1) is 15.9 Å². The van der Waals surface area contributed by atoms with Crippen LogP contribution in [0.2, 0.25) is 0 Å². The summed E-state index contributed by atoms with van der Waals surface area (Å²) >= 11 is 0. The lowest BCUT2D eigenvalue weighted by Crippen LogP contribution is -2.33. The molecule has 0 aliphatic carbocycles. The first-order valence-electron chi connectivity index (χ1n) is 6.37. The Hall–Kier alpha value is -2.65. The number of nitro benzene ring substituents is 1. The average molecular weight is 284 g/mol. The number of nitrogens with zero attached hydrogens (tertiary/aromatic N) is 2. The van der Waals surface area contributed by atoms with Crippen molar-refractivity contribution in [1.29, 1.82) is 5.26 Å². The van der Waals surface area contributed by atoms with E-state index in [1.807, 2.05) is 6.07 Å². The molecule has 0 fully saturated rings. The normalized spacial score (nSPS) is 19.9. The topological polar surface area (TPSA) is 96.4 Å². The molecular weight excluding hydrogens is 272 g/mol. The van der Waals surface area contributed by atoms with Crippen molar-refractivity contribution in [2.75, 3.05) is 6.61 Å². The minimum Gasteiger partial charge on any atom is -0.489 e. The summed E-state index contributed by atoms with van der Waals surface area (Å²) in [6.45, 7) is 3.37. The number of rotatable bonds is 1. The zero-order valence-corrected chi connectivity index (χ0v) is 11.5. The highest BCUT2D eigenvalue weighted by atomic mass is 16.6. The van der Waals surface area contributed by atoms with Crippen molar-refractivity contribution in [2.24, 2.45) is 0 Å². The molecule has 0 saturated carbocycles. The fraction of sp³-hybridized carbons (Fsp3) is 0.267. The lowest BCUT2D eigenvalue weighted by atomic mass is 9.86. The van der Waals surface area contributed by atoms with E-state index in [4.69, 9.17) is 4.74 Å². The molecule has 0 amide bonds. The van der Waals surface area contributed by atoms with Crippen molar-refractivity contribution in [2.45, 2.75) is 19.4 Å². The SMILES string of the molecule is Cc1cc([N+](=O)[O-])c2c(C#N)ccc3c2c1OCC3(C)O. The largest absolute Gasteiger partial charge is 0.489 e. The van der Waals surface area contributed by atoms with Crippen molar-refractivity contribution in [3.05, 3.63) is 45.0 Å². The summed E-state index contributed by atoms with van der Waals surface area (Å²) in [7, 11) is 0. The zero-order chi connectivity index (χ0) is 15.4. The van der Waals surface area contributed by atoms with Crippen LogP contribution in [0.3, 0.4) is 0 Å². The van der Waals surface area contributed by atoms with E-state index in [2.05, 4.69) is 0 Å². The second kappa shape index (κ2) is 4.17. The molecule has 0 bridgehead atoms. The standard InChI is InChI=1S/C15H12N2O4/c1-8-5-11(17(19)20)12-9(6-16)3-4-10-13(12)14(8)21-7-15(10,2)18/h3-5,18H,7H2,1-2H3. The Bertz CT molecular complexity index is 834. The third-order valence-corrected chi connectivity index (χ3v) is 3.79. The highest BCUT2D eigenvalue weighted by molar-refractivity contribution is 6.03. The molecule has 0 saturated heterocycles. The van der Waals surface area contributed by atoms with Crippen molar-refractivity contribution < 1.29 is 14.8 Å². The second-order valence-electron chi connectivity index (χ2n) is 5.38. The summed E-state index contributed by atoms with van der Waals surface area (Å²) in [5.41, 5.74) is -0.0412. The zero-order valence-electron chi connectivity index (χ0n) is 11.5. The molecule has 1 heterocycles. The van der Waals surface area contributed by atoms with Gasteiger partial charge in [0.2, 0.25) is 0 Å². The maximum atomic E-state index is 11.3. The van der Waals surface area contributed by atoms with E-state index in [-0.39, 0.29) is 23.2 Å². The number of nitro groups is 1. The number of aryl methyl sites for hydroxylation is 1. The molecule has 6 nitrogen and oxygen atoms in total. The van der Waals surface area contributed by atoms with E-state index in [0.717, 1.165) is 0 Å². The molecule has 0 aromatic heterocycles. The minimum absolute atomic E-state index is 0.0691. The molecule has 2 aromatic carbocycles. The Morgan fingerprint density at radius 1 is 1.48 bits per heavy atom. The molecule has 1 aliphatic heterocycles. The Morgan fingerprint density at radius 2 is 2.19 bits per heavy atom. The quantitative estimate of drug-likeness (QED) is 0.641. The molecule has 2 aromatic rings. The molecular formula is C15H12N2O4. The van der Waals surface area contributed by atoms with Crippen LogP contribution in [-0.2, 0) is 5.60 Å². The van der Waals surface area contributed by atoms with Crippen LogP contribution >= 0.6 is 0 Å². The molecule has 1 unspecified atom stereocenters.